The van der Waals surface area contributed by atoms with Gasteiger partial charge in [0.25, 0.3) is 5.91 Å². The molecule has 2 N–H and O–H groups in total. The van der Waals surface area contributed by atoms with E-state index < -0.39 is 0 Å². The zero-order valence-electron chi connectivity index (χ0n) is 12.9. The van der Waals surface area contributed by atoms with Gasteiger partial charge in [-0.05, 0) is 44.2 Å². The Morgan fingerprint density at radius 3 is 2.67 bits per heavy atom. The highest BCUT2D eigenvalue weighted by atomic mass is 16.1. The first-order chi connectivity index (χ1) is 10.1. The Kier molecular flexibility index (Phi) is 5.17. The van der Waals surface area contributed by atoms with Gasteiger partial charge in [0.2, 0.25) is 0 Å². The van der Waals surface area contributed by atoms with Gasteiger partial charge in [-0.15, -0.1) is 0 Å². The monoisotopic (exact) mass is 285 g/mol. The van der Waals surface area contributed by atoms with E-state index in [1.165, 1.54) is 0 Å². The van der Waals surface area contributed by atoms with Crippen LogP contribution in [0.1, 0.15) is 42.9 Å². The normalized spacial score (nSPS) is 10.9. The number of rotatable bonds is 6. The molecule has 0 aliphatic carbocycles. The van der Waals surface area contributed by atoms with Crippen molar-refractivity contribution >= 4 is 11.6 Å². The summed E-state index contributed by atoms with van der Waals surface area (Å²) in [5.74, 6) is -0.0716. The first kappa shape index (κ1) is 15.3. The van der Waals surface area contributed by atoms with E-state index >= 15 is 0 Å². The summed E-state index contributed by atoms with van der Waals surface area (Å²) in [7, 11) is 0. The van der Waals surface area contributed by atoms with Crippen molar-refractivity contribution in [2.24, 2.45) is 0 Å². The molecule has 0 atom stereocenters. The highest BCUT2D eigenvalue weighted by Crippen LogP contribution is 2.17. The van der Waals surface area contributed by atoms with Gasteiger partial charge < -0.3 is 15.2 Å². The van der Waals surface area contributed by atoms with Gasteiger partial charge in [0, 0.05) is 24.5 Å². The molecule has 0 spiro atoms. The maximum Gasteiger partial charge on any atom is 0.272 e. The minimum absolute atomic E-state index is 0.0716. The molecule has 0 radical (unpaired) electrons. The van der Waals surface area contributed by atoms with E-state index in [1.54, 1.807) is 0 Å². The predicted molar refractivity (Wildman–Crippen MR) is 86.6 cm³/mol. The number of hydrogen-bond acceptors (Lipinski definition) is 2. The van der Waals surface area contributed by atoms with Crippen molar-refractivity contribution in [3.8, 4) is 0 Å². The van der Waals surface area contributed by atoms with E-state index in [0.717, 1.165) is 24.3 Å². The van der Waals surface area contributed by atoms with E-state index in [4.69, 9.17) is 0 Å². The average Bonchev–Trinajstić information content (AvgIpc) is 2.96. The smallest absolute Gasteiger partial charge is 0.272 e. The maximum absolute atomic E-state index is 12.5. The number of anilines is 1. The molecule has 4 nitrogen and oxygen atoms in total. The van der Waals surface area contributed by atoms with Crippen molar-refractivity contribution in [2.45, 2.75) is 33.4 Å². The topological polar surface area (TPSA) is 46.1 Å². The number of nitrogens with one attached hydrogen (secondary N) is 2. The predicted octanol–water partition coefficient (Wildman–Crippen LogP) is 3.43. The van der Waals surface area contributed by atoms with Gasteiger partial charge in [0.1, 0.15) is 5.69 Å². The largest absolute Gasteiger partial charge is 0.341 e. The van der Waals surface area contributed by atoms with Crippen LogP contribution in [0.25, 0.3) is 0 Å². The lowest BCUT2D eigenvalue weighted by atomic mass is 10.1. The molecular weight excluding hydrogens is 262 g/mol. The quantitative estimate of drug-likeness (QED) is 0.854. The molecule has 0 saturated heterocycles. The van der Waals surface area contributed by atoms with Crippen molar-refractivity contribution < 1.29 is 4.79 Å². The summed E-state index contributed by atoms with van der Waals surface area (Å²) in [6, 6.07) is 11.9. The molecule has 0 unspecified atom stereocenters. The first-order valence-electron chi connectivity index (χ1n) is 7.40. The van der Waals surface area contributed by atoms with E-state index in [2.05, 4.69) is 31.4 Å². The molecule has 1 amide bonds. The van der Waals surface area contributed by atoms with E-state index in [9.17, 15) is 4.79 Å². The number of hydrogen-bond donors (Lipinski definition) is 2. The Morgan fingerprint density at radius 1 is 1.19 bits per heavy atom. The number of carbonyl (C=O) groups excluding carboxylic acids is 1. The van der Waals surface area contributed by atoms with E-state index in [0.29, 0.717) is 5.69 Å². The van der Waals surface area contributed by atoms with Gasteiger partial charge in [-0.1, -0.05) is 25.1 Å². The Labute approximate surface area is 126 Å². The van der Waals surface area contributed by atoms with Crippen LogP contribution in [-0.2, 0) is 6.54 Å². The second-order valence-electron chi connectivity index (χ2n) is 5.29. The molecule has 112 valence electrons. The van der Waals surface area contributed by atoms with Crippen LogP contribution in [0.5, 0.6) is 0 Å². The van der Waals surface area contributed by atoms with Crippen LogP contribution in [0, 0.1) is 0 Å². The second kappa shape index (κ2) is 7.09. The standard InChI is InChI=1S/C17H23N3O/c1-4-18-12-14-8-5-6-9-15(14)19-17(21)16-10-7-11-20(16)13(2)3/h5-11,13,18H,4,12H2,1-3H3,(H,19,21). The molecule has 1 aromatic carbocycles. The van der Waals surface area contributed by atoms with Crippen LogP contribution in [0.15, 0.2) is 42.6 Å². The van der Waals surface area contributed by atoms with Gasteiger partial charge in [-0.2, -0.15) is 0 Å². The van der Waals surface area contributed by atoms with Crippen molar-refractivity contribution in [1.29, 1.82) is 0 Å². The molecule has 21 heavy (non-hydrogen) atoms. The Hall–Kier alpha value is -2.07. The Balaban J connectivity index is 2.18. The number of benzene rings is 1. The molecule has 1 aromatic heterocycles. The van der Waals surface area contributed by atoms with Gasteiger partial charge in [0.05, 0.1) is 0 Å². The molecular formula is C17H23N3O. The van der Waals surface area contributed by atoms with Crippen molar-refractivity contribution in [2.75, 3.05) is 11.9 Å². The van der Waals surface area contributed by atoms with Crippen molar-refractivity contribution in [3.05, 3.63) is 53.9 Å². The van der Waals surface area contributed by atoms with Crippen molar-refractivity contribution in [3.63, 3.8) is 0 Å². The number of carbonyl (C=O) groups is 1. The molecule has 4 heteroatoms. The molecule has 2 rings (SSSR count). The van der Waals surface area contributed by atoms with Crippen LogP contribution >= 0.6 is 0 Å². The summed E-state index contributed by atoms with van der Waals surface area (Å²) in [5, 5.41) is 6.30. The molecule has 2 aromatic rings. The fourth-order valence-corrected chi connectivity index (χ4v) is 2.28. The molecule has 0 aliphatic rings. The second-order valence-corrected chi connectivity index (χ2v) is 5.29. The van der Waals surface area contributed by atoms with E-state index in [1.807, 2.05) is 47.2 Å². The SMILES string of the molecule is CCNCc1ccccc1NC(=O)c1cccn1C(C)C. The molecule has 0 fully saturated rings. The first-order valence-corrected chi connectivity index (χ1v) is 7.40. The summed E-state index contributed by atoms with van der Waals surface area (Å²) >= 11 is 0. The minimum Gasteiger partial charge on any atom is -0.341 e. The number of aromatic nitrogens is 1. The third-order valence-corrected chi connectivity index (χ3v) is 3.40. The third-order valence-electron chi connectivity index (χ3n) is 3.40. The zero-order chi connectivity index (χ0) is 15.2. The third kappa shape index (κ3) is 3.73. The lowest BCUT2D eigenvalue weighted by Gasteiger charge is -2.15. The van der Waals surface area contributed by atoms with Crippen LogP contribution in [0.4, 0.5) is 5.69 Å². The summed E-state index contributed by atoms with van der Waals surface area (Å²) in [4.78, 5) is 12.5. The summed E-state index contributed by atoms with van der Waals surface area (Å²) in [6.07, 6.45) is 1.93. The van der Waals surface area contributed by atoms with Gasteiger partial charge >= 0.3 is 0 Å². The lowest BCUT2D eigenvalue weighted by molar-refractivity contribution is 0.101. The van der Waals surface area contributed by atoms with Crippen molar-refractivity contribution in [1.82, 2.24) is 9.88 Å². The Bertz CT molecular complexity index is 602. The van der Waals surface area contributed by atoms with Gasteiger partial charge in [-0.25, -0.2) is 0 Å². The van der Waals surface area contributed by atoms with Crippen LogP contribution in [0.2, 0.25) is 0 Å². The average molecular weight is 285 g/mol. The summed E-state index contributed by atoms with van der Waals surface area (Å²) < 4.78 is 1.97. The minimum atomic E-state index is -0.0716. The maximum atomic E-state index is 12.5. The Morgan fingerprint density at radius 2 is 1.95 bits per heavy atom. The summed E-state index contributed by atoms with van der Waals surface area (Å²) in [6.45, 7) is 7.85. The number of nitrogens with zero attached hydrogens (tertiary/aromatic N) is 1. The van der Waals surface area contributed by atoms with Gasteiger partial charge in [-0.3, -0.25) is 4.79 Å². The highest BCUT2D eigenvalue weighted by molar-refractivity contribution is 6.03. The van der Waals surface area contributed by atoms with E-state index in [-0.39, 0.29) is 11.9 Å². The lowest BCUT2D eigenvalue weighted by Crippen LogP contribution is -2.20. The molecule has 0 saturated carbocycles. The van der Waals surface area contributed by atoms with Crippen LogP contribution < -0.4 is 10.6 Å². The van der Waals surface area contributed by atoms with Crippen LogP contribution in [-0.4, -0.2) is 17.0 Å². The van der Waals surface area contributed by atoms with Crippen LogP contribution in [0.3, 0.4) is 0 Å². The number of para-hydroxylation sites is 1. The van der Waals surface area contributed by atoms with Gasteiger partial charge in [0.15, 0.2) is 0 Å². The number of amides is 1. The fourth-order valence-electron chi connectivity index (χ4n) is 2.28. The molecule has 0 aliphatic heterocycles. The molecule has 0 bridgehead atoms. The highest BCUT2D eigenvalue weighted by Gasteiger charge is 2.14. The zero-order valence-corrected chi connectivity index (χ0v) is 12.9. The molecule has 1 heterocycles. The summed E-state index contributed by atoms with van der Waals surface area (Å²) in [5.41, 5.74) is 2.64. The fraction of sp³-hybridized carbons (Fsp3) is 0.353.